The molecule has 0 aliphatic heterocycles. The molecule has 0 spiro atoms. The van der Waals surface area contributed by atoms with Crippen molar-refractivity contribution >= 4 is 0 Å². The van der Waals surface area contributed by atoms with Crippen molar-refractivity contribution in [1.29, 1.82) is 0 Å². The van der Waals surface area contributed by atoms with Gasteiger partial charge in [0.2, 0.25) is 0 Å². The third kappa shape index (κ3) is 2.76. The van der Waals surface area contributed by atoms with E-state index in [1.165, 1.54) is 0 Å². The van der Waals surface area contributed by atoms with E-state index in [1.54, 1.807) is 0 Å². The highest BCUT2D eigenvalue weighted by molar-refractivity contribution is 4.98. The first-order valence-corrected chi connectivity index (χ1v) is 6.44. The van der Waals surface area contributed by atoms with Gasteiger partial charge in [-0.15, -0.1) is 0 Å². The molecule has 1 aliphatic rings. The molecular formula is C13H27NO2. The van der Waals surface area contributed by atoms with Gasteiger partial charge in [-0.3, -0.25) is 0 Å². The van der Waals surface area contributed by atoms with Crippen LogP contribution >= 0.6 is 0 Å². The molecular weight excluding hydrogens is 202 g/mol. The van der Waals surface area contributed by atoms with Crippen LogP contribution in [0.4, 0.5) is 0 Å². The largest absolute Gasteiger partial charge is 0.392 e. The van der Waals surface area contributed by atoms with Crippen molar-refractivity contribution in [3.8, 4) is 0 Å². The van der Waals surface area contributed by atoms with Gasteiger partial charge in [-0.05, 0) is 31.6 Å². The fraction of sp³-hybridized carbons (Fsp3) is 1.00. The lowest BCUT2D eigenvalue weighted by Crippen LogP contribution is -2.52. The summed E-state index contributed by atoms with van der Waals surface area (Å²) in [5.41, 5.74) is 5.78. The Hall–Kier alpha value is -0.120. The first-order chi connectivity index (χ1) is 7.48. The van der Waals surface area contributed by atoms with Gasteiger partial charge in [-0.1, -0.05) is 20.3 Å². The Labute approximate surface area is 99.4 Å². The Balaban J connectivity index is 2.69. The molecule has 2 unspecified atom stereocenters. The van der Waals surface area contributed by atoms with Crippen LogP contribution in [0.5, 0.6) is 0 Å². The fourth-order valence-electron chi connectivity index (χ4n) is 3.00. The molecule has 0 saturated heterocycles. The lowest BCUT2D eigenvalue weighted by atomic mass is 9.60. The number of nitrogens with two attached hydrogens (primary N) is 1. The molecule has 0 bridgehead atoms. The molecule has 1 rings (SSSR count). The van der Waals surface area contributed by atoms with E-state index in [2.05, 4.69) is 13.8 Å². The van der Waals surface area contributed by atoms with Crippen LogP contribution in [0.2, 0.25) is 0 Å². The van der Waals surface area contributed by atoms with Crippen LogP contribution in [-0.4, -0.2) is 31.0 Å². The molecule has 0 amide bonds. The Morgan fingerprint density at radius 3 is 2.62 bits per heavy atom. The number of aliphatic hydroxyl groups excluding tert-OH is 1. The zero-order valence-electron chi connectivity index (χ0n) is 11.0. The summed E-state index contributed by atoms with van der Waals surface area (Å²) < 4.78 is 5.41. The van der Waals surface area contributed by atoms with Crippen LogP contribution < -0.4 is 5.73 Å². The summed E-state index contributed by atoms with van der Waals surface area (Å²) in [6.45, 7) is 8.28. The van der Waals surface area contributed by atoms with Crippen LogP contribution in [0.25, 0.3) is 0 Å². The molecule has 1 fully saturated rings. The quantitative estimate of drug-likeness (QED) is 0.708. The number of hydrogen-bond acceptors (Lipinski definition) is 3. The van der Waals surface area contributed by atoms with Crippen LogP contribution in [0.1, 0.15) is 46.5 Å². The minimum Gasteiger partial charge on any atom is -0.392 e. The van der Waals surface area contributed by atoms with E-state index in [9.17, 15) is 5.11 Å². The molecule has 0 radical (unpaired) electrons. The van der Waals surface area contributed by atoms with Gasteiger partial charge in [0.1, 0.15) is 0 Å². The van der Waals surface area contributed by atoms with Gasteiger partial charge in [0.15, 0.2) is 0 Å². The average Bonchev–Trinajstić information content (AvgIpc) is 2.25. The van der Waals surface area contributed by atoms with Crippen molar-refractivity contribution in [2.24, 2.45) is 16.6 Å². The highest BCUT2D eigenvalue weighted by Gasteiger charge is 2.47. The predicted molar refractivity (Wildman–Crippen MR) is 66.2 cm³/mol. The molecule has 0 heterocycles. The zero-order valence-corrected chi connectivity index (χ0v) is 11.0. The SMILES string of the molecule is CCOCCC1(CN)CCCC(C)(C)C1O. The maximum absolute atomic E-state index is 10.5. The maximum Gasteiger partial charge on any atom is 0.0660 e. The smallest absolute Gasteiger partial charge is 0.0660 e. The van der Waals surface area contributed by atoms with Crippen molar-refractivity contribution in [1.82, 2.24) is 0 Å². The summed E-state index contributed by atoms with van der Waals surface area (Å²) in [5.74, 6) is 0. The number of ether oxygens (including phenoxy) is 1. The van der Waals surface area contributed by atoms with Crippen molar-refractivity contribution in [3.63, 3.8) is 0 Å². The monoisotopic (exact) mass is 229 g/mol. The fourth-order valence-corrected chi connectivity index (χ4v) is 3.00. The normalized spacial score (nSPS) is 33.9. The van der Waals surface area contributed by atoms with E-state index in [0.29, 0.717) is 13.2 Å². The Morgan fingerprint density at radius 1 is 1.38 bits per heavy atom. The summed E-state index contributed by atoms with van der Waals surface area (Å²) >= 11 is 0. The first-order valence-electron chi connectivity index (χ1n) is 6.44. The number of rotatable bonds is 5. The van der Waals surface area contributed by atoms with Gasteiger partial charge >= 0.3 is 0 Å². The van der Waals surface area contributed by atoms with Gasteiger partial charge in [0.25, 0.3) is 0 Å². The average molecular weight is 229 g/mol. The van der Waals surface area contributed by atoms with Crippen molar-refractivity contribution in [3.05, 3.63) is 0 Å². The van der Waals surface area contributed by atoms with Crippen LogP contribution in [0.3, 0.4) is 0 Å². The third-order valence-electron chi connectivity index (χ3n) is 4.17. The van der Waals surface area contributed by atoms with E-state index in [1.807, 2.05) is 6.92 Å². The second-order valence-corrected chi connectivity index (χ2v) is 5.76. The summed E-state index contributed by atoms with van der Waals surface area (Å²) in [5, 5.41) is 10.5. The third-order valence-corrected chi connectivity index (χ3v) is 4.17. The van der Waals surface area contributed by atoms with Crippen LogP contribution in [0, 0.1) is 10.8 Å². The standard InChI is InChI=1S/C13H27NO2/c1-4-16-9-8-13(10-14)7-5-6-12(2,3)11(13)15/h11,15H,4-10,14H2,1-3H3. The Kier molecular flexibility index (Phi) is 4.77. The van der Waals surface area contributed by atoms with Crippen molar-refractivity contribution in [2.75, 3.05) is 19.8 Å². The maximum atomic E-state index is 10.5. The minimum atomic E-state index is -0.306. The second kappa shape index (κ2) is 5.48. The second-order valence-electron chi connectivity index (χ2n) is 5.76. The molecule has 2 atom stereocenters. The summed E-state index contributed by atoms with van der Waals surface area (Å²) in [7, 11) is 0. The predicted octanol–water partition coefficient (Wildman–Crippen LogP) is 1.93. The number of aliphatic hydroxyl groups is 1. The summed E-state index contributed by atoms with van der Waals surface area (Å²) in [4.78, 5) is 0. The van der Waals surface area contributed by atoms with Crippen LogP contribution in [0.15, 0.2) is 0 Å². The Bertz CT molecular complexity index is 218. The lowest BCUT2D eigenvalue weighted by molar-refractivity contribution is -0.100. The molecule has 0 aromatic heterocycles. The van der Waals surface area contributed by atoms with Gasteiger partial charge in [0, 0.05) is 25.2 Å². The van der Waals surface area contributed by atoms with E-state index < -0.39 is 0 Å². The van der Waals surface area contributed by atoms with E-state index >= 15 is 0 Å². The van der Waals surface area contributed by atoms with E-state index in [4.69, 9.17) is 10.5 Å². The molecule has 3 N–H and O–H groups in total. The lowest BCUT2D eigenvalue weighted by Gasteiger charge is -2.49. The topological polar surface area (TPSA) is 55.5 Å². The van der Waals surface area contributed by atoms with Gasteiger partial charge in [0.05, 0.1) is 6.10 Å². The minimum absolute atomic E-state index is 0.0101. The van der Waals surface area contributed by atoms with Gasteiger partial charge < -0.3 is 15.6 Å². The summed E-state index contributed by atoms with van der Waals surface area (Å²) in [6, 6.07) is 0. The zero-order chi connectivity index (χ0) is 12.2. The molecule has 0 aromatic carbocycles. The molecule has 3 heteroatoms. The molecule has 1 saturated carbocycles. The van der Waals surface area contributed by atoms with Crippen molar-refractivity contribution < 1.29 is 9.84 Å². The van der Waals surface area contributed by atoms with Crippen molar-refractivity contribution in [2.45, 2.75) is 52.6 Å². The molecule has 16 heavy (non-hydrogen) atoms. The Morgan fingerprint density at radius 2 is 2.06 bits per heavy atom. The van der Waals surface area contributed by atoms with E-state index in [-0.39, 0.29) is 16.9 Å². The molecule has 1 aliphatic carbocycles. The molecule has 3 nitrogen and oxygen atoms in total. The molecule has 0 aromatic rings. The highest BCUT2D eigenvalue weighted by Crippen LogP contribution is 2.47. The van der Waals surface area contributed by atoms with Crippen LogP contribution in [-0.2, 0) is 4.74 Å². The van der Waals surface area contributed by atoms with E-state index in [0.717, 1.165) is 32.3 Å². The van der Waals surface area contributed by atoms with Gasteiger partial charge in [-0.25, -0.2) is 0 Å². The first kappa shape index (κ1) is 13.9. The number of hydrogen-bond donors (Lipinski definition) is 2. The highest BCUT2D eigenvalue weighted by atomic mass is 16.5. The molecule has 96 valence electrons. The van der Waals surface area contributed by atoms with Gasteiger partial charge in [-0.2, -0.15) is 0 Å². The summed E-state index contributed by atoms with van der Waals surface area (Å²) in [6.07, 6.45) is 3.85.